The third kappa shape index (κ3) is 2.78. The van der Waals surface area contributed by atoms with Gasteiger partial charge in [0.25, 0.3) is 0 Å². The fraction of sp³-hybridized carbons (Fsp3) is 0.556. The molecule has 0 saturated heterocycles. The molecular formula is C9H15N3O4. The van der Waals surface area contributed by atoms with Gasteiger partial charge in [0.2, 0.25) is 11.8 Å². The van der Waals surface area contributed by atoms with Crippen LogP contribution in [-0.2, 0) is 0 Å². The van der Waals surface area contributed by atoms with Crippen LogP contribution in [0.15, 0.2) is 12.3 Å². The summed E-state index contributed by atoms with van der Waals surface area (Å²) in [5, 5.41) is 29.9. The van der Waals surface area contributed by atoms with Gasteiger partial charge in [0, 0.05) is 12.3 Å². The quantitative estimate of drug-likeness (QED) is 0.475. The number of nitrogens with one attached hydrogen (secondary N) is 1. The number of anilines is 1. The van der Waals surface area contributed by atoms with Crippen molar-refractivity contribution in [3.8, 4) is 5.88 Å². The minimum atomic E-state index is -1.24. The predicted molar refractivity (Wildman–Crippen MR) is 56.2 cm³/mol. The Labute approximate surface area is 92.7 Å². The highest BCUT2D eigenvalue weighted by Crippen LogP contribution is 2.13. The summed E-state index contributed by atoms with van der Waals surface area (Å²) in [6.45, 7) is -1.33. The Morgan fingerprint density at radius 2 is 1.94 bits per heavy atom. The lowest BCUT2D eigenvalue weighted by molar-refractivity contribution is 0.0827. The van der Waals surface area contributed by atoms with E-state index in [-0.39, 0.29) is 5.95 Å². The first-order chi connectivity index (χ1) is 7.69. The zero-order chi connectivity index (χ0) is 12.0. The third-order valence-electron chi connectivity index (χ3n) is 2.12. The molecule has 7 heteroatoms. The van der Waals surface area contributed by atoms with E-state index in [1.165, 1.54) is 13.3 Å². The second-order valence-corrected chi connectivity index (χ2v) is 3.30. The molecule has 1 heterocycles. The van der Waals surface area contributed by atoms with Gasteiger partial charge in [-0.1, -0.05) is 0 Å². The van der Waals surface area contributed by atoms with E-state index in [1.54, 1.807) is 6.07 Å². The van der Waals surface area contributed by atoms with Crippen LogP contribution >= 0.6 is 0 Å². The molecule has 0 bridgehead atoms. The van der Waals surface area contributed by atoms with Crippen molar-refractivity contribution < 1.29 is 20.1 Å². The lowest BCUT2D eigenvalue weighted by atomic mass is 10.0. The molecule has 7 nitrogen and oxygen atoms in total. The molecule has 4 N–H and O–H groups in total. The highest BCUT2D eigenvalue weighted by atomic mass is 16.5. The average Bonchev–Trinajstić information content (AvgIpc) is 2.36. The zero-order valence-corrected chi connectivity index (χ0v) is 8.92. The summed E-state index contributed by atoms with van der Waals surface area (Å²) in [7, 11) is 1.46. The predicted octanol–water partition coefficient (Wildman–Crippen LogP) is -1.39. The minimum absolute atomic E-state index is 0.163. The van der Waals surface area contributed by atoms with Crippen molar-refractivity contribution in [2.45, 2.75) is 5.54 Å². The first-order valence-electron chi connectivity index (χ1n) is 4.67. The fourth-order valence-corrected chi connectivity index (χ4v) is 1.02. The Hall–Kier alpha value is -1.44. The van der Waals surface area contributed by atoms with Crippen LogP contribution in [0.2, 0.25) is 0 Å². The van der Waals surface area contributed by atoms with E-state index < -0.39 is 25.4 Å². The van der Waals surface area contributed by atoms with Gasteiger partial charge in [-0.25, -0.2) is 4.98 Å². The molecule has 0 aliphatic heterocycles. The first kappa shape index (κ1) is 12.6. The van der Waals surface area contributed by atoms with E-state index in [0.29, 0.717) is 5.88 Å². The molecule has 1 aromatic rings. The summed E-state index contributed by atoms with van der Waals surface area (Å²) in [6.07, 6.45) is 1.46. The van der Waals surface area contributed by atoms with Crippen LogP contribution in [0.4, 0.5) is 5.95 Å². The first-order valence-corrected chi connectivity index (χ1v) is 4.67. The normalized spacial score (nSPS) is 11.2. The summed E-state index contributed by atoms with van der Waals surface area (Å²) < 4.78 is 4.89. The molecule has 0 aliphatic rings. The number of aromatic nitrogens is 2. The van der Waals surface area contributed by atoms with Gasteiger partial charge in [0.05, 0.1) is 26.9 Å². The van der Waals surface area contributed by atoms with Gasteiger partial charge >= 0.3 is 0 Å². The molecule has 0 unspecified atom stereocenters. The number of hydrogen-bond acceptors (Lipinski definition) is 7. The fourth-order valence-electron chi connectivity index (χ4n) is 1.02. The smallest absolute Gasteiger partial charge is 0.226 e. The Morgan fingerprint density at radius 3 is 2.44 bits per heavy atom. The largest absolute Gasteiger partial charge is 0.481 e. The molecule has 0 spiro atoms. The number of rotatable bonds is 6. The maximum atomic E-state index is 9.10. The number of ether oxygens (including phenoxy) is 1. The van der Waals surface area contributed by atoms with Crippen LogP contribution in [0.5, 0.6) is 5.88 Å². The molecule has 0 saturated carbocycles. The lowest BCUT2D eigenvalue weighted by Gasteiger charge is -2.28. The number of aliphatic hydroxyl groups excluding tert-OH is 3. The molecule has 1 aromatic heterocycles. The minimum Gasteiger partial charge on any atom is -0.481 e. The topological polar surface area (TPSA) is 108 Å². The highest BCUT2D eigenvalue weighted by Gasteiger charge is 2.28. The van der Waals surface area contributed by atoms with Crippen LogP contribution in [0.3, 0.4) is 0 Å². The second kappa shape index (κ2) is 5.59. The van der Waals surface area contributed by atoms with Gasteiger partial charge in [-0.2, -0.15) is 4.98 Å². The molecule has 90 valence electrons. The van der Waals surface area contributed by atoms with Crippen LogP contribution in [0.25, 0.3) is 0 Å². The zero-order valence-electron chi connectivity index (χ0n) is 8.92. The van der Waals surface area contributed by atoms with Crippen LogP contribution in [0, 0.1) is 0 Å². The van der Waals surface area contributed by atoms with Gasteiger partial charge in [-0.3, -0.25) is 0 Å². The van der Waals surface area contributed by atoms with Gasteiger partial charge < -0.3 is 25.4 Å². The van der Waals surface area contributed by atoms with Crippen molar-refractivity contribution in [3.63, 3.8) is 0 Å². The Kier molecular flexibility index (Phi) is 4.41. The number of aliphatic hydroxyl groups is 3. The van der Waals surface area contributed by atoms with Crippen LogP contribution in [0.1, 0.15) is 0 Å². The van der Waals surface area contributed by atoms with Crippen LogP contribution in [-0.4, -0.2) is 57.8 Å². The standard InChI is InChI=1S/C9H15N3O4/c1-16-7-2-3-10-8(11-7)12-9(4-13,5-14)6-15/h2-3,13-15H,4-6H2,1H3,(H,10,11,12). The molecule has 0 aliphatic carbocycles. The summed E-state index contributed by atoms with van der Waals surface area (Å²) in [5.74, 6) is 0.511. The Balaban J connectivity index is 2.84. The SMILES string of the molecule is COc1ccnc(NC(CO)(CO)CO)n1. The van der Waals surface area contributed by atoms with E-state index in [9.17, 15) is 0 Å². The third-order valence-corrected chi connectivity index (χ3v) is 2.12. The monoisotopic (exact) mass is 229 g/mol. The van der Waals surface area contributed by atoms with Crippen molar-refractivity contribution in [1.82, 2.24) is 9.97 Å². The maximum Gasteiger partial charge on any atom is 0.226 e. The molecule has 0 fully saturated rings. The molecule has 0 aromatic carbocycles. The van der Waals surface area contributed by atoms with Gasteiger partial charge in [-0.05, 0) is 0 Å². The molecule has 16 heavy (non-hydrogen) atoms. The van der Waals surface area contributed by atoms with Crippen molar-refractivity contribution in [3.05, 3.63) is 12.3 Å². The Bertz CT molecular complexity index is 322. The highest BCUT2D eigenvalue weighted by molar-refractivity contribution is 5.32. The maximum absolute atomic E-state index is 9.10. The van der Waals surface area contributed by atoms with E-state index in [2.05, 4.69) is 15.3 Å². The lowest BCUT2D eigenvalue weighted by Crippen LogP contribution is -2.49. The van der Waals surface area contributed by atoms with E-state index in [4.69, 9.17) is 20.1 Å². The summed E-state index contributed by atoms with van der Waals surface area (Å²) in [6, 6.07) is 1.56. The van der Waals surface area contributed by atoms with Crippen molar-refractivity contribution in [2.75, 3.05) is 32.2 Å². The molecule has 0 radical (unpaired) electrons. The second-order valence-electron chi connectivity index (χ2n) is 3.30. The number of nitrogens with zero attached hydrogens (tertiary/aromatic N) is 2. The van der Waals surface area contributed by atoms with E-state index in [1.807, 2.05) is 0 Å². The number of hydrogen-bond donors (Lipinski definition) is 4. The molecule has 0 atom stereocenters. The summed E-state index contributed by atoms with van der Waals surface area (Å²) in [5.41, 5.74) is -1.24. The van der Waals surface area contributed by atoms with Crippen LogP contribution < -0.4 is 10.1 Å². The molecule has 0 amide bonds. The van der Waals surface area contributed by atoms with Gasteiger partial charge in [-0.15, -0.1) is 0 Å². The van der Waals surface area contributed by atoms with E-state index >= 15 is 0 Å². The molecule has 1 rings (SSSR count). The van der Waals surface area contributed by atoms with Gasteiger partial charge in [0.15, 0.2) is 0 Å². The summed E-state index contributed by atoms with van der Waals surface area (Å²) >= 11 is 0. The summed E-state index contributed by atoms with van der Waals surface area (Å²) in [4.78, 5) is 7.82. The Morgan fingerprint density at radius 1 is 1.31 bits per heavy atom. The van der Waals surface area contributed by atoms with Gasteiger partial charge in [0.1, 0.15) is 5.54 Å². The van der Waals surface area contributed by atoms with E-state index in [0.717, 1.165) is 0 Å². The number of methoxy groups -OCH3 is 1. The average molecular weight is 229 g/mol. The molecular weight excluding hydrogens is 214 g/mol. The van der Waals surface area contributed by atoms with Crippen molar-refractivity contribution >= 4 is 5.95 Å². The van der Waals surface area contributed by atoms with Crippen molar-refractivity contribution in [2.24, 2.45) is 0 Å². The van der Waals surface area contributed by atoms with Crippen molar-refractivity contribution in [1.29, 1.82) is 0 Å².